The van der Waals surface area contributed by atoms with Crippen molar-refractivity contribution in [2.45, 2.75) is 6.61 Å². The molecule has 0 bridgehead atoms. The fraction of sp³-hybridized carbons (Fsp3) is 0.0909. The summed E-state index contributed by atoms with van der Waals surface area (Å²) in [5.41, 5.74) is 0.519. The Morgan fingerprint density at radius 3 is 2.43 bits per heavy atom. The van der Waals surface area contributed by atoms with Gasteiger partial charge < -0.3 is 10.2 Å². The number of fused-ring (bicyclic) bond motifs is 1. The molecular weight excluding hydrogens is 200 g/mol. The molecule has 0 aliphatic rings. The molecule has 3 heteroatoms. The van der Waals surface area contributed by atoms with Crippen LogP contribution in [0, 0.1) is 0 Å². The molecule has 2 N–H and O–H groups in total. The topological polar surface area (TPSA) is 40.5 Å². The molecule has 0 saturated heterocycles. The van der Waals surface area contributed by atoms with E-state index in [1.54, 1.807) is 0 Å². The molecule has 2 aromatic carbocycles. The number of phenols is 1. The highest BCUT2D eigenvalue weighted by molar-refractivity contribution is 6.35. The third-order valence-electron chi connectivity index (χ3n) is 2.24. The molecule has 0 amide bonds. The van der Waals surface area contributed by atoms with Crippen molar-refractivity contribution in [3.05, 3.63) is 40.9 Å². The van der Waals surface area contributed by atoms with Gasteiger partial charge in [-0.1, -0.05) is 35.9 Å². The summed E-state index contributed by atoms with van der Waals surface area (Å²) in [4.78, 5) is 0. The minimum absolute atomic E-state index is 0.0381. The number of hydrogen-bond donors (Lipinski definition) is 2. The Morgan fingerprint density at radius 1 is 1.14 bits per heavy atom. The lowest BCUT2D eigenvalue weighted by Crippen LogP contribution is -1.87. The van der Waals surface area contributed by atoms with Crippen molar-refractivity contribution in [2.24, 2.45) is 0 Å². The molecule has 2 nitrogen and oxygen atoms in total. The van der Waals surface area contributed by atoms with E-state index in [9.17, 15) is 5.11 Å². The molecule has 0 fully saturated rings. The predicted molar refractivity (Wildman–Crippen MR) is 56.5 cm³/mol. The van der Waals surface area contributed by atoms with Crippen molar-refractivity contribution in [3.8, 4) is 5.75 Å². The summed E-state index contributed by atoms with van der Waals surface area (Å²) in [5, 5.41) is 20.8. The molecule has 0 saturated carbocycles. The Morgan fingerprint density at radius 2 is 1.79 bits per heavy atom. The maximum Gasteiger partial charge on any atom is 0.123 e. The molecule has 72 valence electrons. The lowest BCUT2D eigenvalue weighted by molar-refractivity contribution is 0.277. The molecule has 14 heavy (non-hydrogen) atoms. The zero-order valence-corrected chi connectivity index (χ0v) is 8.12. The van der Waals surface area contributed by atoms with Crippen LogP contribution >= 0.6 is 11.6 Å². The lowest BCUT2D eigenvalue weighted by Gasteiger charge is -2.07. The van der Waals surface area contributed by atoms with Gasteiger partial charge in [-0.05, 0) is 11.5 Å². The van der Waals surface area contributed by atoms with Crippen LogP contribution < -0.4 is 0 Å². The van der Waals surface area contributed by atoms with Crippen molar-refractivity contribution < 1.29 is 10.2 Å². The number of aliphatic hydroxyl groups is 1. The number of hydrogen-bond acceptors (Lipinski definition) is 2. The molecule has 0 aliphatic carbocycles. The minimum atomic E-state index is -0.191. The van der Waals surface area contributed by atoms with Crippen LogP contribution in [0.4, 0.5) is 0 Å². The van der Waals surface area contributed by atoms with Gasteiger partial charge in [0.05, 0.1) is 11.6 Å². The minimum Gasteiger partial charge on any atom is -0.508 e. The van der Waals surface area contributed by atoms with E-state index in [0.717, 1.165) is 10.8 Å². The molecular formula is C11H9ClO2. The van der Waals surface area contributed by atoms with E-state index in [2.05, 4.69) is 0 Å². The van der Waals surface area contributed by atoms with E-state index in [-0.39, 0.29) is 12.4 Å². The highest BCUT2D eigenvalue weighted by Gasteiger charge is 2.08. The third-order valence-corrected chi connectivity index (χ3v) is 2.55. The van der Waals surface area contributed by atoms with E-state index in [0.29, 0.717) is 10.6 Å². The standard InChI is InChI=1S/C11H9ClO2/c12-10-5-11(14)9(6-13)7-3-1-2-4-8(7)10/h1-5,13-14H,6H2. The van der Waals surface area contributed by atoms with Crippen molar-refractivity contribution in [2.75, 3.05) is 0 Å². The Labute approximate surface area is 86.4 Å². The Kier molecular flexibility index (Phi) is 2.32. The molecule has 0 aliphatic heterocycles. The van der Waals surface area contributed by atoms with Gasteiger partial charge in [0.1, 0.15) is 5.75 Å². The largest absolute Gasteiger partial charge is 0.508 e. The van der Waals surface area contributed by atoms with E-state index in [1.165, 1.54) is 6.07 Å². The van der Waals surface area contributed by atoms with Gasteiger partial charge in [-0.25, -0.2) is 0 Å². The van der Waals surface area contributed by atoms with Crippen LogP contribution in [0.1, 0.15) is 5.56 Å². The number of halogens is 1. The molecule has 0 aromatic heterocycles. The van der Waals surface area contributed by atoms with Gasteiger partial charge in [-0.3, -0.25) is 0 Å². The quantitative estimate of drug-likeness (QED) is 0.757. The van der Waals surface area contributed by atoms with Crippen LogP contribution in [-0.2, 0) is 6.61 Å². The Bertz CT molecular complexity index is 480. The summed E-state index contributed by atoms with van der Waals surface area (Å²) >= 11 is 5.95. The molecule has 0 spiro atoms. The fourth-order valence-corrected chi connectivity index (χ4v) is 1.81. The first kappa shape index (κ1) is 9.31. The number of aromatic hydroxyl groups is 1. The van der Waals surface area contributed by atoms with Gasteiger partial charge in [0.2, 0.25) is 0 Å². The van der Waals surface area contributed by atoms with E-state index >= 15 is 0 Å². The normalized spacial score (nSPS) is 10.7. The second-order valence-corrected chi connectivity index (χ2v) is 3.47. The predicted octanol–water partition coefficient (Wildman–Crippen LogP) is 2.69. The van der Waals surface area contributed by atoms with Gasteiger partial charge in [-0.2, -0.15) is 0 Å². The molecule has 2 aromatic rings. The molecule has 0 heterocycles. The lowest BCUT2D eigenvalue weighted by atomic mass is 10.0. The third kappa shape index (κ3) is 1.33. The van der Waals surface area contributed by atoms with E-state index in [1.807, 2.05) is 24.3 Å². The van der Waals surface area contributed by atoms with Crippen LogP contribution in [0.2, 0.25) is 5.02 Å². The summed E-state index contributed by atoms with van der Waals surface area (Å²) in [7, 11) is 0. The van der Waals surface area contributed by atoms with Crippen LogP contribution in [0.5, 0.6) is 5.75 Å². The fourth-order valence-electron chi connectivity index (χ4n) is 1.54. The molecule has 2 rings (SSSR count). The van der Waals surface area contributed by atoms with E-state index < -0.39 is 0 Å². The SMILES string of the molecule is OCc1c(O)cc(Cl)c2ccccc12. The van der Waals surface area contributed by atoms with Crippen LogP contribution in [-0.4, -0.2) is 10.2 Å². The van der Waals surface area contributed by atoms with Gasteiger partial charge in [0.15, 0.2) is 0 Å². The monoisotopic (exact) mass is 208 g/mol. The van der Waals surface area contributed by atoms with Crippen LogP contribution in [0.15, 0.2) is 30.3 Å². The van der Waals surface area contributed by atoms with Gasteiger partial charge in [0.25, 0.3) is 0 Å². The Hall–Kier alpha value is -1.25. The summed E-state index contributed by atoms with van der Waals surface area (Å²) in [5.74, 6) is 0.0381. The molecule has 0 atom stereocenters. The number of benzene rings is 2. The van der Waals surface area contributed by atoms with Crippen LogP contribution in [0.3, 0.4) is 0 Å². The van der Waals surface area contributed by atoms with Gasteiger partial charge in [0, 0.05) is 10.9 Å². The van der Waals surface area contributed by atoms with Gasteiger partial charge >= 0.3 is 0 Å². The van der Waals surface area contributed by atoms with Crippen LogP contribution in [0.25, 0.3) is 10.8 Å². The van der Waals surface area contributed by atoms with Crippen molar-refractivity contribution >= 4 is 22.4 Å². The average molecular weight is 209 g/mol. The number of aliphatic hydroxyl groups excluding tert-OH is 1. The van der Waals surface area contributed by atoms with Crippen molar-refractivity contribution in [1.82, 2.24) is 0 Å². The average Bonchev–Trinajstić information content (AvgIpc) is 2.18. The maximum absolute atomic E-state index is 9.54. The first-order chi connectivity index (χ1) is 6.74. The summed E-state index contributed by atoms with van der Waals surface area (Å²) in [6.45, 7) is -0.191. The zero-order chi connectivity index (χ0) is 10.1. The second-order valence-electron chi connectivity index (χ2n) is 3.06. The van der Waals surface area contributed by atoms with Gasteiger partial charge in [-0.15, -0.1) is 0 Å². The summed E-state index contributed by atoms with van der Waals surface area (Å²) < 4.78 is 0. The Balaban J connectivity index is 2.90. The summed E-state index contributed by atoms with van der Waals surface area (Å²) in [6.07, 6.45) is 0. The first-order valence-corrected chi connectivity index (χ1v) is 4.62. The second kappa shape index (κ2) is 3.48. The van der Waals surface area contributed by atoms with E-state index in [4.69, 9.17) is 16.7 Å². The smallest absolute Gasteiger partial charge is 0.123 e. The highest BCUT2D eigenvalue weighted by atomic mass is 35.5. The summed E-state index contributed by atoms with van der Waals surface area (Å²) in [6, 6.07) is 8.85. The molecule has 0 unspecified atom stereocenters. The van der Waals surface area contributed by atoms with Crippen molar-refractivity contribution in [3.63, 3.8) is 0 Å². The molecule has 0 radical (unpaired) electrons. The number of rotatable bonds is 1. The van der Waals surface area contributed by atoms with Crippen molar-refractivity contribution in [1.29, 1.82) is 0 Å². The first-order valence-electron chi connectivity index (χ1n) is 4.24. The highest BCUT2D eigenvalue weighted by Crippen LogP contribution is 2.33. The maximum atomic E-state index is 9.54. The zero-order valence-electron chi connectivity index (χ0n) is 7.37.